The highest BCUT2D eigenvalue weighted by molar-refractivity contribution is 5.59. The number of rotatable bonds is 8. The zero-order chi connectivity index (χ0) is 20.9. The van der Waals surface area contributed by atoms with Crippen LogP contribution in [0.2, 0.25) is 0 Å². The van der Waals surface area contributed by atoms with Crippen LogP contribution in [-0.4, -0.2) is 33.7 Å². The van der Waals surface area contributed by atoms with Crippen molar-refractivity contribution in [3.05, 3.63) is 83.9 Å². The van der Waals surface area contributed by atoms with Gasteiger partial charge in [-0.3, -0.25) is 5.10 Å². The van der Waals surface area contributed by atoms with Gasteiger partial charge in [-0.15, -0.1) is 0 Å². The van der Waals surface area contributed by atoms with Crippen LogP contribution in [-0.2, 0) is 13.0 Å². The van der Waals surface area contributed by atoms with Crippen molar-refractivity contribution in [1.29, 1.82) is 0 Å². The zero-order valence-corrected chi connectivity index (χ0v) is 16.6. The van der Waals surface area contributed by atoms with Gasteiger partial charge in [0.1, 0.15) is 17.9 Å². The minimum Gasteiger partial charge on any atom is -0.444 e. The molecule has 0 amide bonds. The summed E-state index contributed by atoms with van der Waals surface area (Å²) >= 11 is 0. The van der Waals surface area contributed by atoms with Crippen LogP contribution >= 0.6 is 0 Å². The minimum absolute atomic E-state index is 0.255. The van der Waals surface area contributed by atoms with Gasteiger partial charge in [0.15, 0.2) is 0 Å². The zero-order valence-electron chi connectivity index (χ0n) is 16.6. The Hall–Kier alpha value is -3.32. The number of aromatic nitrogens is 3. The van der Waals surface area contributed by atoms with Crippen LogP contribution in [0.1, 0.15) is 17.8 Å². The lowest BCUT2D eigenvalue weighted by atomic mass is 10.1. The summed E-state index contributed by atoms with van der Waals surface area (Å²) in [6.45, 7) is 1.54. The molecule has 0 saturated heterocycles. The Morgan fingerprint density at radius 3 is 2.33 bits per heavy atom. The maximum absolute atomic E-state index is 13.1. The second-order valence-corrected chi connectivity index (χ2v) is 7.28. The Bertz CT molecular complexity index is 1090. The summed E-state index contributed by atoms with van der Waals surface area (Å²) in [4.78, 5) is 6.66. The van der Waals surface area contributed by atoms with Crippen LogP contribution in [0, 0.1) is 11.6 Å². The van der Waals surface area contributed by atoms with Gasteiger partial charge in [0.05, 0.1) is 11.4 Å². The van der Waals surface area contributed by atoms with Crippen molar-refractivity contribution in [2.75, 3.05) is 13.6 Å². The standard InChI is InChI=1S/C23H22F2N4O/c1-29(14-21-15-30-23(26-21)17-6-10-19(25)11-7-17)12-2-3-20-13-22(28-27-20)16-4-8-18(24)9-5-16/h4-11,13,15H,2-3,12,14H2,1H3,(H,27,28). The Labute approximate surface area is 173 Å². The van der Waals surface area contributed by atoms with Gasteiger partial charge in [-0.2, -0.15) is 5.10 Å². The van der Waals surface area contributed by atoms with E-state index in [1.807, 2.05) is 13.1 Å². The number of nitrogens with one attached hydrogen (secondary N) is 1. The van der Waals surface area contributed by atoms with Crippen LogP contribution in [0.25, 0.3) is 22.7 Å². The average Bonchev–Trinajstić information content (AvgIpc) is 3.39. The third-order valence-electron chi connectivity index (χ3n) is 4.83. The van der Waals surface area contributed by atoms with E-state index in [1.54, 1.807) is 30.5 Å². The second kappa shape index (κ2) is 9.00. The van der Waals surface area contributed by atoms with Crippen LogP contribution in [0.4, 0.5) is 8.78 Å². The summed E-state index contributed by atoms with van der Waals surface area (Å²) in [7, 11) is 2.03. The van der Waals surface area contributed by atoms with Gasteiger partial charge in [0.25, 0.3) is 0 Å². The van der Waals surface area contributed by atoms with E-state index >= 15 is 0 Å². The molecule has 7 heteroatoms. The van der Waals surface area contributed by atoms with Crippen LogP contribution in [0.5, 0.6) is 0 Å². The molecule has 0 atom stereocenters. The molecule has 0 spiro atoms. The number of aromatic amines is 1. The molecule has 5 nitrogen and oxygen atoms in total. The first-order valence-electron chi connectivity index (χ1n) is 9.76. The molecule has 2 heterocycles. The van der Waals surface area contributed by atoms with Crippen molar-refractivity contribution in [1.82, 2.24) is 20.1 Å². The normalized spacial score (nSPS) is 11.3. The lowest BCUT2D eigenvalue weighted by molar-refractivity contribution is 0.317. The maximum atomic E-state index is 13.1. The molecule has 4 aromatic rings. The molecule has 0 saturated carbocycles. The first-order chi connectivity index (χ1) is 14.6. The van der Waals surface area contributed by atoms with Crippen molar-refractivity contribution >= 4 is 0 Å². The number of hydrogen-bond acceptors (Lipinski definition) is 4. The lowest BCUT2D eigenvalue weighted by Gasteiger charge is -2.14. The molecule has 0 unspecified atom stereocenters. The number of benzene rings is 2. The van der Waals surface area contributed by atoms with E-state index in [0.29, 0.717) is 12.4 Å². The highest BCUT2D eigenvalue weighted by Crippen LogP contribution is 2.20. The fourth-order valence-electron chi connectivity index (χ4n) is 3.26. The van der Waals surface area contributed by atoms with Gasteiger partial charge in [-0.05, 0) is 81.0 Å². The molecule has 30 heavy (non-hydrogen) atoms. The highest BCUT2D eigenvalue weighted by Gasteiger charge is 2.10. The Morgan fingerprint density at radius 1 is 0.967 bits per heavy atom. The molecule has 0 aliphatic carbocycles. The topological polar surface area (TPSA) is 58.0 Å². The Kier molecular flexibility index (Phi) is 5.99. The van der Waals surface area contributed by atoms with Crippen molar-refractivity contribution < 1.29 is 13.2 Å². The molecule has 0 radical (unpaired) electrons. The van der Waals surface area contributed by atoms with E-state index in [-0.39, 0.29) is 11.6 Å². The van der Waals surface area contributed by atoms with Gasteiger partial charge in [-0.25, -0.2) is 13.8 Å². The summed E-state index contributed by atoms with van der Waals surface area (Å²) in [6, 6.07) is 14.4. The fourth-order valence-corrected chi connectivity index (χ4v) is 3.26. The van der Waals surface area contributed by atoms with Gasteiger partial charge in [0, 0.05) is 23.4 Å². The molecule has 2 aromatic heterocycles. The van der Waals surface area contributed by atoms with E-state index in [9.17, 15) is 8.78 Å². The minimum atomic E-state index is -0.285. The van der Waals surface area contributed by atoms with Crippen LogP contribution in [0.3, 0.4) is 0 Å². The van der Waals surface area contributed by atoms with Crippen LogP contribution < -0.4 is 0 Å². The Morgan fingerprint density at radius 2 is 1.63 bits per heavy atom. The quantitative estimate of drug-likeness (QED) is 0.442. The molecule has 0 aliphatic rings. The highest BCUT2D eigenvalue weighted by atomic mass is 19.1. The van der Waals surface area contributed by atoms with Gasteiger partial charge < -0.3 is 9.32 Å². The molecule has 0 bridgehead atoms. The number of hydrogen-bond donors (Lipinski definition) is 1. The molecular weight excluding hydrogens is 386 g/mol. The number of nitrogens with zero attached hydrogens (tertiary/aromatic N) is 3. The molecular formula is C23H22F2N4O. The first-order valence-corrected chi connectivity index (χ1v) is 9.76. The smallest absolute Gasteiger partial charge is 0.226 e. The number of aryl methyl sites for hydroxylation is 1. The predicted octanol–water partition coefficient (Wildman–Crippen LogP) is 5.07. The van der Waals surface area contributed by atoms with Crippen LogP contribution in [0.15, 0.2) is 65.3 Å². The van der Waals surface area contributed by atoms with E-state index in [2.05, 4.69) is 20.1 Å². The lowest BCUT2D eigenvalue weighted by Crippen LogP contribution is -2.19. The maximum Gasteiger partial charge on any atom is 0.226 e. The van der Waals surface area contributed by atoms with E-state index in [4.69, 9.17) is 4.42 Å². The molecule has 2 aromatic carbocycles. The summed E-state index contributed by atoms with van der Waals surface area (Å²) < 4.78 is 31.6. The van der Waals surface area contributed by atoms with E-state index < -0.39 is 0 Å². The molecule has 4 rings (SSSR count). The van der Waals surface area contributed by atoms with Crippen molar-refractivity contribution in [2.24, 2.45) is 0 Å². The van der Waals surface area contributed by atoms with Gasteiger partial charge in [-0.1, -0.05) is 0 Å². The fraction of sp³-hybridized carbons (Fsp3) is 0.217. The third-order valence-corrected chi connectivity index (χ3v) is 4.83. The number of oxazole rings is 1. The summed E-state index contributed by atoms with van der Waals surface area (Å²) in [5.74, 6) is -0.0501. The second-order valence-electron chi connectivity index (χ2n) is 7.28. The third kappa shape index (κ3) is 4.99. The van der Waals surface area contributed by atoms with Crippen molar-refractivity contribution in [3.8, 4) is 22.7 Å². The van der Waals surface area contributed by atoms with Crippen molar-refractivity contribution in [3.63, 3.8) is 0 Å². The summed E-state index contributed by atoms with van der Waals surface area (Å²) in [5, 5.41) is 7.36. The molecule has 1 N–H and O–H groups in total. The van der Waals surface area contributed by atoms with E-state index in [0.717, 1.165) is 47.6 Å². The molecule has 154 valence electrons. The molecule has 0 fully saturated rings. The monoisotopic (exact) mass is 408 g/mol. The average molecular weight is 408 g/mol. The first kappa shape index (κ1) is 20.0. The number of halogens is 2. The van der Waals surface area contributed by atoms with Crippen molar-refractivity contribution in [2.45, 2.75) is 19.4 Å². The Balaban J connectivity index is 1.26. The largest absolute Gasteiger partial charge is 0.444 e. The summed E-state index contributed by atoms with van der Waals surface area (Å²) in [5.41, 5.74) is 4.33. The SMILES string of the molecule is CN(CCCc1cc(-c2ccc(F)cc2)n[nH]1)Cc1coc(-c2ccc(F)cc2)n1. The van der Waals surface area contributed by atoms with Gasteiger partial charge in [0.2, 0.25) is 5.89 Å². The number of H-pyrrole nitrogens is 1. The molecule has 0 aliphatic heterocycles. The summed E-state index contributed by atoms with van der Waals surface area (Å²) in [6.07, 6.45) is 3.45. The van der Waals surface area contributed by atoms with Gasteiger partial charge >= 0.3 is 0 Å². The predicted molar refractivity (Wildman–Crippen MR) is 111 cm³/mol. The van der Waals surface area contributed by atoms with E-state index in [1.165, 1.54) is 24.3 Å².